The van der Waals surface area contributed by atoms with Crippen molar-refractivity contribution in [2.24, 2.45) is 5.92 Å². The van der Waals surface area contributed by atoms with E-state index in [0.29, 0.717) is 41.8 Å². The SMILES string of the molecule is CC.Cc1cc(NC(=O)c2c(F)cc(NSCCO)cc2N2CCC(C)CC2)nc(N2CCC(F)(F)CC2)n1. The summed E-state index contributed by atoms with van der Waals surface area (Å²) in [5.74, 6) is -2.59. The summed E-state index contributed by atoms with van der Waals surface area (Å²) < 4.78 is 45.6. The molecule has 1 aromatic heterocycles. The van der Waals surface area contributed by atoms with E-state index in [1.165, 1.54) is 18.0 Å². The number of hydrogen-bond donors (Lipinski definition) is 3. The van der Waals surface area contributed by atoms with Crippen molar-refractivity contribution < 1.29 is 23.1 Å². The number of aromatic nitrogens is 2. The number of rotatable bonds is 8. The Morgan fingerprint density at radius 3 is 2.41 bits per heavy atom. The summed E-state index contributed by atoms with van der Waals surface area (Å²) in [6, 6.07) is 4.59. The minimum absolute atomic E-state index is 0.0162. The molecule has 2 saturated heterocycles. The number of aryl methyl sites for hydroxylation is 1. The molecule has 216 valence electrons. The lowest BCUT2D eigenvalue weighted by molar-refractivity contribution is -0.0222. The number of benzene rings is 1. The van der Waals surface area contributed by atoms with Crippen molar-refractivity contribution in [3.8, 4) is 0 Å². The molecule has 2 fully saturated rings. The van der Waals surface area contributed by atoms with Crippen LogP contribution in [0.2, 0.25) is 0 Å². The van der Waals surface area contributed by atoms with Crippen molar-refractivity contribution >= 4 is 41.0 Å². The van der Waals surface area contributed by atoms with E-state index in [4.69, 9.17) is 5.11 Å². The molecule has 1 amide bonds. The van der Waals surface area contributed by atoms with Gasteiger partial charge in [0.05, 0.1) is 17.9 Å². The van der Waals surface area contributed by atoms with E-state index in [-0.39, 0.29) is 49.9 Å². The average Bonchev–Trinajstić information content (AvgIpc) is 2.89. The van der Waals surface area contributed by atoms with Gasteiger partial charge in [-0.25, -0.2) is 18.2 Å². The molecule has 0 radical (unpaired) electrons. The molecular weight excluding hydrogens is 529 g/mol. The highest BCUT2D eigenvalue weighted by molar-refractivity contribution is 8.00. The molecule has 0 spiro atoms. The first-order chi connectivity index (χ1) is 18.6. The molecule has 0 unspecified atom stereocenters. The van der Waals surface area contributed by atoms with Crippen LogP contribution in [0.4, 0.5) is 36.3 Å². The second-order valence-electron chi connectivity index (χ2n) is 9.69. The summed E-state index contributed by atoms with van der Waals surface area (Å²) in [6.45, 7) is 9.50. The van der Waals surface area contributed by atoms with Crippen molar-refractivity contribution in [3.05, 3.63) is 35.3 Å². The molecule has 8 nitrogen and oxygen atoms in total. The number of piperidine rings is 2. The number of nitrogens with one attached hydrogen (secondary N) is 2. The zero-order valence-corrected chi connectivity index (χ0v) is 23.9. The molecule has 4 rings (SSSR count). The average molecular weight is 569 g/mol. The van der Waals surface area contributed by atoms with Gasteiger partial charge in [0.25, 0.3) is 11.8 Å². The first kappa shape index (κ1) is 30.8. The molecule has 3 N–H and O–H groups in total. The Bertz CT molecular complexity index is 1110. The number of alkyl halides is 2. The summed E-state index contributed by atoms with van der Waals surface area (Å²) >= 11 is 1.25. The lowest BCUT2D eigenvalue weighted by Gasteiger charge is -2.33. The van der Waals surface area contributed by atoms with E-state index >= 15 is 4.39 Å². The van der Waals surface area contributed by atoms with Crippen molar-refractivity contribution in [1.29, 1.82) is 0 Å². The third-order valence-corrected chi connectivity index (χ3v) is 7.43. The molecular formula is C27H39F3N6O2S. The van der Waals surface area contributed by atoms with Crippen LogP contribution in [0.25, 0.3) is 0 Å². The zero-order valence-electron chi connectivity index (χ0n) is 23.1. The first-order valence-corrected chi connectivity index (χ1v) is 14.5. The molecule has 39 heavy (non-hydrogen) atoms. The Morgan fingerprint density at radius 2 is 1.77 bits per heavy atom. The van der Waals surface area contributed by atoms with Gasteiger partial charge in [-0.15, -0.1) is 0 Å². The first-order valence-electron chi connectivity index (χ1n) is 13.5. The van der Waals surface area contributed by atoms with Crippen LogP contribution in [0.5, 0.6) is 0 Å². The highest BCUT2D eigenvalue weighted by atomic mass is 32.2. The standard InChI is InChI=1S/C25H33F3N6O2S.C2H6/c1-16-3-7-33(8-4-16)20-15-18(32-37-12-11-35)14-19(26)22(20)23(36)30-21-13-17(2)29-24(31-21)34-9-5-25(27,28)6-10-34;1-2/h13-16,32,35H,3-12H2,1-2H3,(H,29,30,31,36);1-2H3. The van der Waals surface area contributed by atoms with Crippen LogP contribution in [-0.2, 0) is 0 Å². The van der Waals surface area contributed by atoms with Crippen LogP contribution in [0.15, 0.2) is 18.2 Å². The highest BCUT2D eigenvalue weighted by Crippen LogP contribution is 2.33. The quantitative estimate of drug-likeness (QED) is 0.275. The molecule has 0 atom stereocenters. The predicted octanol–water partition coefficient (Wildman–Crippen LogP) is 5.73. The van der Waals surface area contributed by atoms with E-state index < -0.39 is 17.6 Å². The van der Waals surface area contributed by atoms with Gasteiger partial charge in [-0.1, -0.05) is 32.7 Å². The Hall–Kier alpha value is -2.73. The van der Waals surface area contributed by atoms with Crippen LogP contribution < -0.4 is 19.8 Å². The van der Waals surface area contributed by atoms with Gasteiger partial charge in [0.1, 0.15) is 11.6 Å². The van der Waals surface area contributed by atoms with E-state index in [2.05, 4.69) is 26.9 Å². The van der Waals surface area contributed by atoms with Crippen LogP contribution >= 0.6 is 11.9 Å². The number of halogens is 3. The number of amides is 1. The Balaban J connectivity index is 0.00000205. The number of carbonyl (C=O) groups is 1. The maximum absolute atomic E-state index is 15.4. The van der Waals surface area contributed by atoms with E-state index in [9.17, 15) is 13.6 Å². The van der Waals surface area contributed by atoms with Crippen molar-refractivity contribution in [2.45, 2.75) is 59.3 Å². The zero-order chi connectivity index (χ0) is 28.6. The fraction of sp³-hybridized carbons (Fsp3) is 0.593. The normalized spacial score (nSPS) is 17.3. The lowest BCUT2D eigenvalue weighted by atomic mass is 9.97. The van der Waals surface area contributed by atoms with Gasteiger partial charge in [0.2, 0.25) is 5.95 Å². The van der Waals surface area contributed by atoms with Gasteiger partial charge >= 0.3 is 0 Å². The van der Waals surface area contributed by atoms with E-state index in [1.807, 2.05) is 18.7 Å². The number of aliphatic hydroxyl groups excluding tert-OH is 1. The van der Waals surface area contributed by atoms with Gasteiger partial charge < -0.3 is 24.9 Å². The van der Waals surface area contributed by atoms with E-state index in [1.54, 1.807) is 24.0 Å². The fourth-order valence-corrected chi connectivity index (χ4v) is 5.00. The molecule has 2 aromatic rings. The molecule has 12 heteroatoms. The van der Waals surface area contributed by atoms with E-state index in [0.717, 1.165) is 12.8 Å². The van der Waals surface area contributed by atoms with Crippen LogP contribution in [0, 0.1) is 18.7 Å². The maximum atomic E-state index is 15.4. The number of carbonyl (C=O) groups excluding carboxylic acids is 1. The van der Waals surface area contributed by atoms with Crippen molar-refractivity contribution in [3.63, 3.8) is 0 Å². The smallest absolute Gasteiger partial charge is 0.261 e. The minimum Gasteiger partial charge on any atom is -0.395 e. The van der Waals surface area contributed by atoms with Gasteiger partial charge in [0, 0.05) is 62.2 Å². The van der Waals surface area contributed by atoms with Gasteiger partial charge in [0.15, 0.2) is 0 Å². The van der Waals surface area contributed by atoms with Gasteiger partial charge in [-0.05, 0) is 37.8 Å². The molecule has 1 aromatic carbocycles. The van der Waals surface area contributed by atoms with Crippen LogP contribution in [0.3, 0.4) is 0 Å². The largest absolute Gasteiger partial charge is 0.395 e. The van der Waals surface area contributed by atoms with Crippen molar-refractivity contribution in [1.82, 2.24) is 9.97 Å². The summed E-state index contributed by atoms with van der Waals surface area (Å²) in [7, 11) is 0. The van der Waals surface area contributed by atoms with Crippen LogP contribution in [0.1, 0.15) is 62.5 Å². The fourth-order valence-electron chi connectivity index (χ4n) is 4.53. The maximum Gasteiger partial charge on any atom is 0.261 e. The number of nitrogens with zero attached hydrogens (tertiary/aromatic N) is 4. The molecule has 0 saturated carbocycles. The van der Waals surface area contributed by atoms with Gasteiger partial charge in [-0.3, -0.25) is 4.79 Å². The predicted molar refractivity (Wildman–Crippen MR) is 153 cm³/mol. The second kappa shape index (κ2) is 14.1. The number of aliphatic hydroxyl groups is 1. The minimum atomic E-state index is -2.70. The Labute approximate surface area is 232 Å². The molecule has 0 aliphatic carbocycles. The summed E-state index contributed by atoms with van der Waals surface area (Å²) in [6.07, 6.45) is 1.30. The number of anilines is 4. The Kier molecular flexibility index (Phi) is 11.1. The molecule has 3 heterocycles. The molecule has 2 aliphatic heterocycles. The third-order valence-electron chi connectivity index (χ3n) is 6.67. The van der Waals surface area contributed by atoms with Crippen LogP contribution in [-0.4, -0.2) is 65.4 Å². The second-order valence-corrected chi connectivity index (χ2v) is 10.6. The van der Waals surface area contributed by atoms with Crippen molar-refractivity contribution in [2.75, 3.05) is 58.4 Å². The number of hydrogen-bond acceptors (Lipinski definition) is 8. The third kappa shape index (κ3) is 8.38. The summed E-state index contributed by atoms with van der Waals surface area (Å²) in [5, 5.41) is 11.7. The highest BCUT2D eigenvalue weighted by Gasteiger charge is 2.35. The molecule has 0 bridgehead atoms. The Morgan fingerprint density at radius 1 is 1.10 bits per heavy atom. The van der Waals surface area contributed by atoms with Gasteiger partial charge in [-0.2, -0.15) is 4.98 Å². The monoisotopic (exact) mass is 568 g/mol. The summed E-state index contributed by atoms with van der Waals surface area (Å²) in [4.78, 5) is 25.8. The lowest BCUT2D eigenvalue weighted by Crippen LogP contribution is -2.40. The topological polar surface area (TPSA) is 93.6 Å². The summed E-state index contributed by atoms with van der Waals surface area (Å²) in [5.41, 5.74) is 1.47. The molecule has 2 aliphatic rings.